The van der Waals surface area contributed by atoms with Crippen LogP contribution in [0.25, 0.3) is 11.4 Å². The molecule has 1 aliphatic heterocycles. The van der Waals surface area contributed by atoms with Crippen LogP contribution in [0, 0.1) is 11.6 Å². The molecule has 0 spiro atoms. The first-order chi connectivity index (χ1) is 9.11. The predicted octanol–water partition coefficient (Wildman–Crippen LogP) is 2.41. The number of hydrogen-bond donors (Lipinski definition) is 0. The Hall–Kier alpha value is -1.88. The third kappa shape index (κ3) is 2.46. The molecule has 0 N–H and O–H groups in total. The summed E-state index contributed by atoms with van der Waals surface area (Å²) in [5.41, 5.74) is 2.42. The van der Waals surface area contributed by atoms with Crippen LogP contribution in [0.4, 0.5) is 8.78 Å². The van der Waals surface area contributed by atoms with E-state index in [2.05, 4.69) is 14.9 Å². The van der Waals surface area contributed by atoms with Crippen LogP contribution < -0.4 is 0 Å². The molecule has 0 radical (unpaired) electrons. The van der Waals surface area contributed by atoms with Gasteiger partial charge in [0.15, 0.2) is 5.82 Å². The second kappa shape index (κ2) is 4.66. The van der Waals surface area contributed by atoms with Gasteiger partial charge in [0.2, 0.25) is 0 Å². The zero-order valence-corrected chi connectivity index (χ0v) is 10.5. The van der Waals surface area contributed by atoms with Crippen molar-refractivity contribution in [3.8, 4) is 11.4 Å². The minimum Gasteiger partial charge on any atom is -0.302 e. The van der Waals surface area contributed by atoms with Crippen LogP contribution in [0.2, 0.25) is 0 Å². The van der Waals surface area contributed by atoms with Gasteiger partial charge in [-0.25, -0.2) is 18.7 Å². The SMILES string of the molecule is CN1CCc2nc(-c3cc(F)cc(F)c3)ncc2C1. The molecule has 0 amide bonds. The Balaban J connectivity index is 2.02. The fourth-order valence-electron chi connectivity index (χ4n) is 2.28. The molecule has 98 valence electrons. The van der Waals surface area contributed by atoms with Crippen LogP contribution >= 0.6 is 0 Å². The van der Waals surface area contributed by atoms with Crippen molar-refractivity contribution in [1.82, 2.24) is 14.9 Å². The molecule has 0 aliphatic carbocycles. The van der Waals surface area contributed by atoms with Gasteiger partial charge in [-0.2, -0.15) is 0 Å². The van der Waals surface area contributed by atoms with Gasteiger partial charge in [0.25, 0.3) is 0 Å². The molecular weight excluding hydrogens is 248 g/mol. The highest BCUT2D eigenvalue weighted by Gasteiger charge is 2.16. The summed E-state index contributed by atoms with van der Waals surface area (Å²) in [5, 5.41) is 0. The van der Waals surface area contributed by atoms with Crippen molar-refractivity contribution in [3.05, 3.63) is 47.3 Å². The minimum atomic E-state index is -0.615. The van der Waals surface area contributed by atoms with Gasteiger partial charge < -0.3 is 4.90 Å². The lowest BCUT2D eigenvalue weighted by atomic mass is 10.1. The van der Waals surface area contributed by atoms with Crippen LogP contribution in [-0.4, -0.2) is 28.5 Å². The maximum absolute atomic E-state index is 13.2. The molecule has 0 bridgehead atoms. The average Bonchev–Trinajstić information content (AvgIpc) is 2.37. The Bertz CT molecular complexity index is 608. The molecule has 0 saturated heterocycles. The standard InChI is InChI=1S/C14H13F2N3/c1-19-3-2-13-10(8-19)7-17-14(18-13)9-4-11(15)6-12(16)5-9/h4-7H,2-3,8H2,1H3. The summed E-state index contributed by atoms with van der Waals surface area (Å²) in [5.74, 6) is -0.853. The van der Waals surface area contributed by atoms with Crippen LogP contribution in [0.15, 0.2) is 24.4 Å². The molecule has 3 nitrogen and oxygen atoms in total. The molecule has 2 aromatic rings. The van der Waals surface area contributed by atoms with E-state index in [0.717, 1.165) is 36.8 Å². The van der Waals surface area contributed by atoms with Crippen molar-refractivity contribution in [1.29, 1.82) is 0 Å². The summed E-state index contributed by atoms with van der Waals surface area (Å²) < 4.78 is 26.4. The third-order valence-corrected chi connectivity index (χ3v) is 3.25. The molecule has 0 saturated carbocycles. The largest absolute Gasteiger partial charge is 0.302 e. The Kier molecular flexibility index (Phi) is 2.98. The molecule has 0 fully saturated rings. The zero-order chi connectivity index (χ0) is 13.4. The van der Waals surface area contributed by atoms with E-state index in [1.165, 1.54) is 12.1 Å². The number of nitrogens with zero attached hydrogens (tertiary/aromatic N) is 3. The normalized spacial score (nSPS) is 15.3. The maximum Gasteiger partial charge on any atom is 0.159 e. The number of fused-ring (bicyclic) bond motifs is 1. The van der Waals surface area contributed by atoms with E-state index in [-0.39, 0.29) is 0 Å². The van der Waals surface area contributed by atoms with Gasteiger partial charge in [-0.3, -0.25) is 0 Å². The summed E-state index contributed by atoms with van der Waals surface area (Å²) in [4.78, 5) is 10.8. The van der Waals surface area contributed by atoms with Crippen molar-refractivity contribution in [2.45, 2.75) is 13.0 Å². The summed E-state index contributed by atoms with van der Waals surface area (Å²) >= 11 is 0. The molecule has 3 rings (SSSR count). The number of benzene rings is 1. The number of aromatic nitrogens is 2. The van der Waals surface area contributed by atoms with E-state index in [4.69, 9.17) is 0 Å². The van der Waals surface area contributed by atoms with Crippen LogP contribution in [-0.2, 0) is 13.0 Å². The van der Waals surface area contributed by atoms with Crippen LogP contribution in [0.1, 0.15) is 11.3 Å². The van der Waals surface area contributed by atoms with E-state index in [1.807, 2.05) is 7.05 Å². The topological polar surface area (TPSA) is 29.0 Å². The first-order valence-electron chi connectivity index (χ1n) is 6.11. The van der Waals surface area contributed by atoms with E-state index < -0.39 is 11.6 Å². The number of rotatable bonds is 1. The monoisotopic (exact) mass is 261 g/mol. The first kappa shape index (κ1) is 12.2. The van der Waals surface area contributed by atoms with Gasteiger partial charge in [-0.1, -0.05) is 0 Å². The van der Waals surface area contributed by atoms with Crippen molar-refractivity contribution in [2.24, 2.45) is 0 Å². The summed E-state index contributed by atoms with van der Waals surface area (Å²) in [6, 6.07) is 3.34. The smallest absolute Gasteiger partial charge is 0.159 e. The summed E-state index contributed by atoms with van der Waals surface area (Å²) in [6.45, 7) is 1.74. The van der Waals surface area contributed by atoms with Crippen molar-refractivity contribution in [2.75, 3.05) is 13.6 Å². The van der Waals surface area contributed by atoms with Gasteiger partial charge in [-0.05, 0) is 19.2 Å². The molecular formula is C14H13F2N3. The minimum absolute atomic E-state index is 0.374. The molecule has 1 aromatic carbocycles. The molecule has 5 heteroatoms. The van der Waals surface area contributed by atoms with Crippen molar-refractivity contribution < 1.29 is 8.78 Å². The number of halogens is 2. The number of hydrogen-bond acceptors (Lipinski definition) is 3. The molecule has 0 unspecified atom stereocenters. The highest BCUT2D eigenvalue weighted by molar-refractivity contribution is 5.55. The third-order valence-electron chi connectivity index (χ3n) is 3.25. The van der Waals surface area contributed by atoms with Crippen LogP contribution in [0.3, 0.4) is 0 Å². The van der Waals surface area contributed by atoms with E-state index in [1.54, 1.807) is 6.20 Å². The van der Waals surface area contributed by atoms with Gasteiger partial charge in [0.05, 0.1) is 5.69 Å². The second-order valence-corrected chi connectivity index (χ2v) is 4.81. The van der Waals surface area contributed by atoms with Gasteiger partial charge >= 0.3 is 0 Å². The second-order valence-electron chi connectivity index (χ2n) is 4.81. The fourth-order valence-corrected chi connectivity index (χ4v) is 2.28. The molecule has 1 aliphatic rings. The summed E-state index contributed by atoms with van der Waals surface area (Å²) in [7, 11) is 2.04. The Morgan fingerprint density at radius 3 is 2.63 bits per heavy atom. The molecule has 1 aromatic heterocycles. The van der Waals surface area contributed by atoms with Gasteiger partial charge in [-0.15, -0.1) is 0 Å². The molecule has 2 heterocycles. The quantitative estimate of drug-likeness (QED) is 0.789. The molecule has 0 atom stereocenters. The van der Waals surface area contributed by atoms with E-state index >= 15 is 0 Å². The zero-order valence-electron chi connectivity index (χ0n) is 10.5. The lowest BCUT2D eigenvalue weighted by Gasteiger charge is -2.23. The Labute approximate surface area is 109 Å². The van der Waals surface area contributed by atoms with Crippen molar-refractivity contribution >= 4 is 0 Å². The first-order valence-corrected chi connectivity index (χ1v) is 6.11. The lowest BCUT2D eigenvalue weighted by Crippen LogP contribution is -2.27. The van der Waals surface area contributed by atoms with Gasteiger partial charge in [0.1, 0.15) is 11.6 Å². The highest BCUT2D eigenvalue weighted by Crippen LogP contribution is 2.21. The Morgan fingerprint density at radius 1 is 1.16 bits per heavy atom. The van der Waals surface area contributed by atoms with E-state index in [9.17, 15) is 8.78 Å². The lowest BCUT2D eigenvalue weighted by molar-refractivity contribution is 0.309. The predicted molar refractivity (Wildman–Crippen MR) is 67.4 cm³/mol. The van der Waals surface area contributed by atoms with Crippen molar-refractivity contribution in [3.63, 3.8) is 0 Å². The summed E-state index contributed by atoms with van der Waals surface area (Å²) in [6.07, 6.45) is 2.58. The van der Waals surface area contributed by atoms with Gasteiger partial charge in [0, 0.05) is 42.9 Å². The Morgan fingerprint density at radius 2 is 1.89 bits per heavy atom. The fraction of sp³-hybridized carbons (Fsp3) is 0.286. The highest BCUT2D eigenvalue weighted by atomic mass is 19.1. The molecule has 19 heavy (non-hydrogen) atoms. The number of likely N-dealkylation sites (N-methyl/N-ethyl adjacent to an activating group) is 1. The van der Waals surface area contributed by atoms with E-state index in [0.29, 0.717) is 11.4 Å². The maximum atomic E-state index is 13.2. The average molecular weight is 261 g/mol. The van der Waals surface area contributed by atoms with Crippen LogP contribution in [0.5, 0.6) is 0 Å².